The summed E-state index contributed by atoms with van der Waals surface area (Å²) in [6.45, 7) is 4.20. The number of nitrogens with one attached hydrogen (secondary N) is 1. The van der Waals surface area contributed by atoms with Crippen LogP contribution in [0.2, 0.25) is 0 Å². The Labute approximate surface area is 198 Å². The van der Waals surface area contributed by atoms with Gasteiger partial charge in [-0.05, 0) is 44.0 Å². The van der Waals surface area contributed by atoms with Crippen molar-refractivity contribution in [2.24, 2.45) is 0 Å². The van der Waals surface area contributed by atoms with Crippen molar-refractivity contribution < 1.29 is 13.2 Å². The molecule has 1 saturated heterocycles. The maximum absolute atomic E-state index is 13.4. The fourth-order valence-electron chi connectivity index (χ4n) is 4.37. The SMILES string of the molecule is Cc1ccc(-c2cc(C(=O)NCc3ccncc3)c3c(C)nn([C@H]4CCS(=O)(=O)C4)c3n2)cc1. The van der Waals surface area contributed by atoms with Gasteiger partial charge in [0, 0.05) is 24.5 Å². The number of carbonyl (C=O) groups excluding carboxylic acids is 1. The lowest BCUT2D eigenvalue weighted by Gasteiger charge is -2.12. The zero-order valence-corrected chi connectivity index (χ0v) is 19.8. The van der Waals surface area contributed by atoms with Crippen molar-refractivity contribution >= 4 is 26.8 Å². The van der Waals surface area contributed by atoms with Crippen LogP contribution in [-0.4, -0.2) is 45.6 Å². The van der Waals surface area contributed by atoms with Crippen LogP contribution in [0.15, 0.2) is 54.9 Å². The smallest absolute Gasteiger partial charge is 0.252 e. The van der Waals surface area contributed by atoms with Crippen LogP contribution in [-0.2, 0) is 16.4 Å². The summed E-state index contributed by atoms with van der Waals surface area (Å²) in [5.74, 6) is -0.0719. The lowest BCUT2D eigenvalue weighted by atomic mass is 10.0. The molecule has 1 aliphatic rings. The van der Waals surface area contributed by atoms with Gasteiger partial charge >= 0.3 is 0 Å². The van der Waals surface area contributed by atoms with Gasteiger partial charge in [0.25, 0.3) is 5.91 Å². The minimum absolute atomic E-state index is 0.0310. The predicted molar refractivity (Wildman–Crippen MR) is 130 cm³/mol. The average Bonchev–Trinajstić information content (AvgIpc) is 3.36. The van der Waals surface area contributed by atoms with Gasteiger partial charge in [0.05, 0.1) is 39.9 Å². The largest absolute Gasteiger partial charge is 0.348 e. The minimum atomic E-state index is -3.11. The highest BCUT2D eigenvalue weighted by molar-refractivity contribution is 7.91. The predicted octanol–water partition coefficient (Wildman–Crippen LogP) is 3.40. The first-order chi connectivity index (χ1) is 16.3. The van der Waals surface area contributed by atoms with Gasteiger partial charge < -0.3 is 5.32 Å². The molecule has 8 nitrogen and oxygen atoms in total. The van der Waals surface area contributed by atoms with Gasteiger partial charge in [0.2, 0.25) is 0 Å². The quantitative estimate of drug-likeness (QED) is 0.474. The first-order valence-electron chi connectivity index (χ1n) is 11.2. The molecule has 34 heavy (non-hydrogen) atoms. The maximum Gasteiger partial charge on any atom is 0.252 e. The standard InChI is InChI=1S/C25H25N5O3S/c1-16-3-5-19(6-4-16)22-13-21(25(31)27-14-18-7-10-26-11-8-18)23-17(2)29-30(24(23)28-22)20-9-12-34(32,33)15-20/h3-8,10-11,13,20H,9,12,14-15H2,1-2H3,(H,27,31)/t20-/m0/s1. The third kappa shape index (κ3) is 4.31. The van der Waals surface area contributed by atoms with Crippen molar-refractivity contribution in [3.63, 3.8) is 0 Å². The van der Waals surface area contributed by atoms with Crippen molar-refractivity contribution in [1.82, 2.24) is 25.1 Å². The van der Waals surface area contributed by atoms with Crippen LogP contribution in [0.5, 0.6) is 0 Å². The van der Waals surface area contributed by atoms with Gasteiger partial charge in [-0.15, -0.1) is 0 Å². The summed E-state index contributed by atoms with van der Waals surface area (Å²) in [4.78, 5) is 22.2. The minimum Gasteiger partial charge on any atom is -0.348 e. The Balaban J connectivity index is 1.62. The van der Waals surface area contributed by atoms with E-state index < -0.39 is 9.84 Å². The van der Waals surface area contributed by atoms with E-state index >= 15 is 0 Å². The van der Waals surface area contributed by atoms with E-state index in [-0.39, 0.29) is 23.5 Å². The monoisotopic (exact) mass is 475 g/mol. The number of sulfone groups is 1. The lowest BCUT2D eigenvalue weighted by Crippen LogP contribution is -2.23. The van der Waals surface area contributed by atoms with E-state index in [0.29, 0.717) is 41.0 Å². The van der Waals surface area contributed by atoms with E-state index in [2.05, 4.69) is 15.4 Å². The van der Waals surface area contributed by atoms with Gasteiger partial charge in [-0.25, -0.2) is 18.1 Å². The van der Waals surface area contributed by atoms with Gasteiger partial charge in [-0.1, -0.05) is 29.8 Å². The molecular weight excluding hydrogens is 450 g/mol. The number of pyridine rings is 2. The fraction of sp³-hybridized carbons (Fsp3) is 0.280. The number of hydrogen-bond donors (Lipinski definition) is 1. The van der Waals surface area contributed by atoms with Crippen molar-refractivity contribution in [3.8, 4) is 11.3 Å². The summed E-state index contributed by atoms with van der Waals surface area (Å²) in [6, 6.07) is 13.1. The Bertz CT molecular complexity index is 1480. The molecule has 4 aromatic rings. The number of hydrogen-bond acceptors (Lipinski definition) is 6. The molecule has 1 fully saturated rings. The molecule has 9 heteroatoms. The third-order valence-electron chi connectivity index (χ3n) is 6.19. The number of amides is 1. The Morgan fingerprint density at radius 3 is 2.53 bits per heavy atom. The zero-order chi connectivity index (χ0) is 23.9. The normalized spacial score (nSPS) is 17.2. The molecule has 174 valence electrons. The Hall–Kier alpha value is -3.59. The highest BCUT2D eigenvalue weighted by Crippen LogP contribution is 2.32. The van der Waals surface area contributed by atoms with E-state index in [9.17, 15) is 13.2 Å². The van der Waals surface area contributed by atoms with Crippen molar-refractivity contribution in [1.29, 1.82) is 0 Å². The van der Waals surface area contributed by atoms with Crippen LogP contribution in [0.25, 0.3) is 22.3 Å². The third-order valence-corrected chi connectivity index (χ3v) is 7.94. The van der Waals surface area contributed by atoms with Crippen LogP contribution in [0.1, 0.15) is 39.6 Å². The Morgan fingerprint density at radius 1 is 1.12 bits per heavy atom. The molecule has 4 heterocycles. The first-order valence-corrected chi connectivity index (χ1v) is 13.0. The van der Waals surface area contributed by atoms with Gasteiger partial charge in [0.1, 0.15) is 0 Å². The molecular formula is C25H25N5O3S. The number of fused-ring (bicyclic) bond motifs is 1. The van der Waals surface area contributed by atoms with Crippen LogP contribution < -0.4 is 5.32 Å². The molecule has 0 aliphatic carbocycles. The summed E-state index contributed by atoms with van der Waals surface area (Å²) in [7, 11) is -3.11. The molecule has 1 amide bonds. The van der Waals surface area contributed by atoms with E-state index in [0.717, 1.165) is 16.7 Å². The molecule has 0 spiro atoms. The fourth-order valence-corrected chi connectivity index (χ4v) is 6.06. The molecule has 1 atom stereocenters. The number of nitrogens with zero attached hydrogens (tertiary/aromatic N) is 4. The van der Waals surface area contributed by atoms with Crippen LogP contribution in [0, 0.1) is 13.8 Å². The summed E-state index contributed by atoms with van der Waals surface area (Å²) >= 11 is 0. The summed E-state index contributed by atoms with van der Waals surface area (Å²) in [6.07, 6.45) is 3.86. The highest BCUT2D eigenvalue weighted by Gasteiger charge is 2.32. The van der Waals surface area contributed by atoms with E-state index in [1.807, 2.05) is 50.2 Å². The van der Waals surface area contributed by atoms with Crippen LogP contribution in [0.4, 0.5) is 0 Å². The average molecular weight is 476 g/mol. The molecule has 1 N–H and O–H groups in total. The Morgan fingerprint density at radius 2 is 1.85 bits per heavy atom. The maximum atomic E-state index is 13.4. The molecule has 0 saturated carbocycles. The van der Waals surface area contributed by atoms with Gasteiger partial charge in [0.15, 0.2) is 15.5 Å². The van der Waals surface area contributed by atoms with Gasteiger partial charge in [-0.2, -0.15) is 5.10 Å². The zero-order valence-electron chi connectivity index (χ0n) is 19.0. The highest BCUT2D eigenvalue weighted by atomic mass is 32.2. The Kier molecular flexibility index (Phi) is 5.65. The van der Waals surface area contributed by atoms with E-state index in [1.54, 1.807) is 23.1 Å². The van der Waals surface area contributed by atoms with Gasteiger partial charge in [-0.3, -0.25) is 9.78 Å². The number of aryl methyl sites for hydroxylation is 2. The summed E-state index contributed by atoms with van der Waals surface area (Å²) in [5, 5.41) is 8.28. The van der Waals surface area contributed by atoms with Crippen molar-refractivity contribution in [2.75, 3.05) is 11.5 Å². The molecule has 5 rings (SSSR count). The van der Waals surface area contributed by atoms with Crippen molar-refractivity contribution in [2.45, 2.75) is 32.9 Å². The molecule has 0 unspecified atom stereocenters. The second-order valence-electron chi connectivity index (χ2n) is 8.74. The molecule has 0 bridgehead atoms. The summed E-state index contributed by atoms with van der Waals surface area (Å²) < 4.78 is 26.0. The number of aromatic nitrogens is 4. The number of benzene rings is 1. The van der Waals surface area contributed by atoms with E-state index in [1.165, 1.54) is 0 Å². The van der Waals surface area contributed by atoms with Crippen LogP contribution in [0.3, 0.4) is 0 Å². The second kappa shape index (κ2) is 8.64. The van der Waals surface area contributed by atoms with Crippen LogP contribution >= 0.6 is 0 Å². The van der Waals surface area contributed by atoms with Crippen molar-refractivity contribution in [3.05, 3.63) is 77.2 Å². The number of rotatable bonds is 5. The topological polar surface area (TPSA) is 107 Å². The number of carbonyl (C=O) groups is 1. The summed E-state index contributed by atoms with van der Waals surface area (Å²) in [5.41, 5.74) is 5.24. The second-order valence-corrected chi connectivity index (χ2v) is 11.0. The lowest BCUT2D eigenvalue weighted by molar-refractivity contribution is 0.0952. The molecule has 1 aromatic carbocycles. The van der Waals surface area contributed by atoms with E-state index in [4.69, 9.17) is 4.98 Å². The molecule has 1 aliphatic heterocycles. The molecule has 0 radical (unpaired) electrons. The molecule has 3 aromatic heterocycles. The first kappa shape index (κ1) is 22.2.